The molecule has 2 aliphatic rings. The number of benzene rings is 1. The van der Waals surface area contributed by atoms with Gasteiger partial charge in [0.1, 0.15) is 5.75 Å². The average Bonchev–Trinajstić information content (AvgIpc) is 2.68. The fourth-order valence-corrected chi connectivity index (χ4v) is 4.44. The van der Waals surface area contributed by atoms with Gasteiger partial charge in [0.25, 0.3) is 0 Å². The molecule has 2 aliphatic carbocycles. The van der Waals surface area contributed by atoms with Crippen LogP contribution in [0.1, 0.15) is 96.1 Å². The molecule has 2 saturated carbocycles. The number of rotatable bonds is 4. The molecule has 0 aromatic heterocycles. The molecule has 0 saturated heterocycles. The molecule has 2 fully saturated rings. The normalized spacial score (nSPS) is 19.7. The van der Waals surface area contributed by atoms with E-state index in [2.05, 4.69) is 32.9 Å². The van der Waals surface area contributed by atoms with E-state index in [1.807, 2.05) is 6.07 Å². The second kappa shape index (κ2) is 8.58. The van der Waals surface area contributed by atoms with Crippen LogP contribution in [0.5, 0.6) is 5.75 Å². The molecule has 0 atom stereocenters. The van der Waals surface area contributed by atoms with Crippen LogP contribution in [0.15, 0.2) is 18.2 Å². The number of hydrogen-bond donors (Lipinski definition) is 1. The van der Waals surface area contributed by atoms with Crippen LogP contribution >= 0.6 is 0 Å². The van der Waals surface area contributed by atoms with Crippen molar-refractivity contribution in [1.82, 2.24) is 0 Å². The minimum atomic E-state index is -0.101. The zero-order chi connectivity index (χ0) is 19.4. The highest BCUT2D eigenvalue weighted by atomic mass is 16.5. The number of hydrogen-bond acceptors (Lipinski definition) is 3. The van der Waals surface area contributed by atoms with Crippen molar-refractivity contribution in [2.45, 2.75) is 90.4 Å². The lowest BCUT2D eigenvalue weighted by Crippen LogP contribution is -2.25. The lowest BCUT2D eigenvalue weighted by atomic mass is 9.80. The van der Waals surface area contributed by atoms with Crippen molar-refractivity contribution in [3.8, 4) is 5.75 Å². The summed E-state index contributed by atoms with van der Waals surface area (Å²) in [4.78, 5) is 12.7. The molecule has 27 heavy (non-hydrogen) atoms. The summed E-state index contributed by atoms with van der Waals surface area (Å²) in [6, 6.07) is 6.08. The lowest BCUT2D eigenvalue weighted by Gasteiger charge is -2.26. The summed E-state index contributed by atoms with van der Waals surface area (Å²) in [5.41, 5.74) is 2.69. The molecular weight excluding hydrogens is 334 g/mol. The molecule has 0 bridgehead atoms. The molecular formula is C24H35NO2. The van der Waals surface area contributed by atoms with Gasteiger partial charge in [-0.1, -0.05) is 65.4 Å². The van der Waals surface area contributed by atoms with Crippen molar-refractivity contribution in [1.29, 1.82) is 5.41 Å². The SMILES string of the molecule is CC(C)(C)c1ccc(OC(=O)C2CCCCC2)c(C(=N)C2CCCCC2)c1. The minimum Gasteiger partial charge on any atom is -0.426 e. The minimum absolute atomic E-state index is 0.00744. The molecule has 148 valence electrons. The van der Waals surface area contributed by atoms with Crippen molar-refractivity contribution in [3.63, 3.8) is 0 Å². The van der Waals surface area contributed by atoms with Gasteiger partial charge in [-0.2, -0.15) is 0 Å². The molecule has 3 rings (SSSR count). The second-order valence-electron chi connectivity index (χ2n) is 9.47. The van der Waals surface area contributed by atoms with E-state index >= 15 is 0 Å². The van der Waals surface area contributed by atoms with Gasteiger partial charge in [-0.25, -0.2) is 0 Å². The molecule has 0 amide bonds. The Bertz CT molecular complexity index is 674. The lowest BCUT2D eigenvalue weighted by molar-refractivity contribution is -0.140. The van der Waals surface area contributed by atoms with E-state index in [9.17, 15) is 4.79 Å². The maximum atomic E-state index is 12.7. The predicted octanol–water partition coefficient (Wildman–Crippen LogP) is 6.42. The summed E-state index contributed by atoms with van der Waals surface area (Å²) in [6.07, 6.45) is 11.2. The van der Waals surface area contributed by atoms with Crippen molar-refractivity contribution in [2.75, 3.05) is 0 Å². The molecule has 0 heterocycles. The monoisotopic (exact) mass is 369 g/mol. The van der Waals surface area contributed by atoms with Crippen molar-refractivity contribution in [2.24, 2.45) is 11.8 Å². The molecule has 1 aromatic rings. The third-order valence-electron chi connectivity index (χ3n) is 6.30. The maximum Gasteiger partial charge on any atom is 0.314 e. The summed E-state index contributed by atoms with van der Waals surface area (Å²) in [5, 5.41) is 8.86. The highest BCUT2D eigenvalue weighted by Gasteiger charge is 2.27. The van der Waals surface area contributed by atoms with E-state index < -0.39 is 0 Å². The van der Waals surface area contributed by atoms with Gasteiger partial charge < -0.3 is 10.1 Å². The smallest absolute Gasteiger partial charge is 0.314 e. The van der Waals surface area contributed by atoms with Gasteiger partial charge in [-0.3, -0.25) is 4.79 Å². The summed E-state index contributed by atoms with van der Waals surface area (Å²) in [6.45, 7) is 6.55. The summed E-state index contributed by atoms with van der Waals surface area (Å²) in [7, 11) is 0. The van der Waals surface area contributed by atoms with E-state index in [-0.39, 0.29) is 17.3 Å². The topological polar surface area (TPSA) is 50.2 Å². The van der Waals surface area contributed by atoms with Crippen molar-refractivity contribution < 1.29 is 9.53 Å². The number of carbonyl (C=O) groups is 1. The Balaban J connectivity index is 1.87. The highest BCUT2D eigenvalue weighted by molar-refractivity contribution is 6.03. The molecule has 1 aromatic carbocycles. The van der Waals surface area contributed by atoms with E-state index in [0.717, 1.165) is 44.1 Å². The maximum absolute atomic E-state index is 12.7. The molecule has 0 unspecified atom stereocenters. The average molecular weight is 370 g/mol. The van der Waals surface area contributed by atoms with Crippen LogP contribution in [-0.2, 0) is 10.2 Å². The van der Waals surface area contributed by atoms with E-state index in [1.54, 1.807) is 0 Å². The highest BCUT2D eigenvalue weighted by Crippen LogP contribution is 2.34. The van der Waals surface area contributed by atoms with Crippen LogP contribution in [0.2, 0.25) is 0 Å². The van der Waals surface area contributed by atoms with Crippen LogP contribution in [0, 0.1) is 17.2 Å². The molecule has 0 radical (unpaired) electrons. The van der Waals surface area contributed by atoms with Crippen LogP contribution in [0.4, 0.5) is 0 Å². The Morgan fingerprint density at radius 2 is 1.48 bits per heavy atom. The van der Waals surface area contributed by atoms with Crippen molar-refractivity contribution >= 4 is 11.7 Å². The third kappa shape index (κ3) is 5.00. The zero-order valence-electron chi connectivity index (χ0n) is 17.3. The Kier molecular flexibility index (Phi) is 6.39. The first-order chi connectivity index (χ1) is 12.9. The van der Waals surface area contributed by atoms with Crippen LogP contribution in [-0.4, -0.2) is 11.7 Å². The van der Waals surface area contributed by atoms with E-state index in [0.29, 0.717) is 17.4 Å². The van der Waals surface area contributed by atoms with Crippen LogP contribution in [0.3, 0.4) is 0 Å². The Morgan fingerprint density at radius 3 is 2.04 bits per heavy atom. The Labute approximate surface area is 164 Å². The standard InChI is InChI=1S/C24H35NO2/c1-24(2,3)19-14-15-21(27-23(26)18-12-8-5-9-13-18)20(16-19)22(25)17-10-6-4-7-11-17/h14-18,25H,4-13H2,1-3H3. The Hall–Kier alpha value is -1.64. The molecule has 0 spiro atoms. The van der Waals surface area contributed by atoms with Crippen molar-refractivity contribution in [3.05, 3.63) is 29.3 Å². The van der Waals surface area contributed by atoms with Crippen LogP contribution < -0.4 is 4.74 Å². The van der Waals surface area contributed by atoms with Gasteiger partial charge in [0, 0.05) is 17.2 Å². The van der Waals surface area contributed by atoms with Gasteiger partial charge in [-0.15, -0.1) is 0 Å². The molecule has 1 N–H and O–H groups in total. The van der Waals surface area contributed by atoms with Gasteiger partial charge in [0.05, 0.1) is 5.92 Å². The fourth-order valence-electron chi connectivity index (χ4n) is 4.44. The number of ether oxygens (including phenoxy) is 1. The fraction of sp³-hybridized carbons (Fsp3) is 0.667. The molecule has 0 aliphatic heterocycles. The largest absolute Gasteiger partial charge is 0.426 e. The summed E-state index contributed by atoms with van der Waals surface area (Å²) < 4.78 is 5.88. The van der Waals surface area contributed by atoms with Gasteiger partial charge >= 0.3 is 5.97 Å². The van der Waals surface area contributed by atoms with E-state index in [4.69, 9.17) is 10.1 Å². The second-order valence-corrected chi connectivity index (χ2v) is 9.47. The Morgan fingerprint density at radius 1 is 0.926 bits per heavy atom. The van der Waals surface area contributed by atoms with Gasteiger partial charge in [0.15, 0.2) is 0 Å². The number of nitrogens with one attached hydrogen (secondary N) is 1. The summed E-state index contributed by atoms with van der Waals surface area (Å²) in [5.74, 6) is 0.809. The molecule has 3 heteroatoms. The predicted molar refractivity (Wildman–Crippen MR) is 111 cm³/mol. The number of carbonyl (C=O) groups excluding carboxylic acids is 1. The van der Waals surface area contributed by atoms with Crippen LogP contribution in [0.25, 0.3) is 0 Å². The first kappa shape index (κ1) is 20.1. The first-order valence-corrected chi connectivity index (χ1v) is 10.8. The third-order valence-corrected chi connectivity index (χ3v) is 6.30. The summed E-state index contributed by atoms with van der Waals surface area (Å²) >= 11 is 0. The van der Waals surface area contributed by atoms with Gasteiger partial charge in [0.2, 0.25) is 0 Å². The molecule has 3 nitrogen and oxygen atoms in total. The van der Waals surface area contributed by atoms with E-state index in [1.165, 1.54) is 31.2 Å². The quantitative estimate of drug-likeness (QED) is 0.378. The first-order valence-electron chi connectivity index (χ1n) is 10.8. The number of esters is 1. The zero-order valence-corrected chi connectivity index (χ0v) is 17.3. The van der Waals surface area contributed by atoms with Gasteiger partial charge in [-0.05, 0) is 48.8 Å².